The van der Waals surface area contributed by atoms with Crippen LogP contribution in [0.2, 0.25) is 0 Å². The fraction of sp³-hybridized carbons (Fsp3) is 0.391. The number of rotatable bonds is 9. The molecule has 1 N–H and O–H groups in total. The zero-order chi connectivity index (χ0) is 23.5. The molecule has 172 valence electrons. The van der Waals surface area contributed by atoms with Gasteiger partial charge in [-0.05, 0) is 42.2 Å². The summed E-state index contributed by atoms with van der Waals surface area (Å²) in [5.74, 6) is -0.387. The summed E-state index contributed by atoms with van der Waals surface area (Å²) in [6.07, 6.45) is -2.52. The van der Waals surface area contributed by atoms with Crippen molar-refractivity contribution < 1.29 is 37.3 Å². The maximum atomic E-state index is 13.0. The van der Waals surface area contributed by atoms with Gasteiger partial charge in [0.15, 0.2) is 11.5 Å². The van der Waals surface area contributed by atoms with Crippen molar-refractivity contribution in [3.63, 3.8) is 0 Å². The smallest absolute Gasteiger partial charge is 0.416 e. The first kappa shape index (κ1) is 23.4. The van der Waals surface area contributed by atoms with Gasteiger partial charge in [-0.15, -0.1) is 0 Å². The largest absolute Gasteiger partial charge is 0.493 e. The molecule has 1 amide bonds. The van der Waals surface area contributed by atoms with Crippen LogP contribution < -0.4 is 9.47 Å². The van der Waals surface area contributed by atoms with Crippen LogP contribution in [-0.2, 0) is 17.5 Å². The summed E-state index contributed by atoms with van der Waals surface area (Å²) in [6, 6.07) is 6.31. The van der Waals surface area contributed by atoms with Gasteiger partial charge in [-0.1, -0.05) is 18.6 Å². The molecule has 2 aromatic rings. The van der Waals surface area contributed by atoms with Gasteiger partial charge >= 0.3 is 12.1 Å². The highest BCUT2D eigenvalue weighted by Crippen LogP contribution is 2.46. The van der Waals surface area contributed by atoms with Gasteiger partial charge in [0.2, 0.25) is 0 Å². The Kier molecular flexibility index (Phi) is 6.96. The SMILES string of the molecule is COc1cc2c(c(-c3ccc(C(F)(F)F)cc3)c1OC)CN(CCCCCC(=O)O)C2=O. The number of methoxy groups -OCH3 is 2. The number of ether oxygens (including phenoxy) is 2. The van der Waals surface area contributed by atoms with Crippen LogP contribution in [0.5, 0.6) is 11.5 Å². The van der Waals surface area contributed by atoms with E-state index in [-0.39, 0.29) is 18.9 Å². The van der Waals surface area contributed by atoms with Crippen LogP contribution in [0, 0.1) is 0 Å². The second-order valence-electron chi connectivity index (χ2n) is 7.52. The number of aliphatic carboxylic acids is 1. The van der Waals surface area contributed by atoms with E-state index in [0.717, 1.165) is 12.1 Å². The van der Waals surface area contributed by atoms with Gasteiger partial charge in [0, 0.05) is 30.6 Å². The van der Waals surface area contributed by atoms with E-state index in [9.17, 15) is 22.8 Å². The number of benzene rings is 2. The zero-order valence-corrected chi connectivity index (χ0v) is 17.8. The third-order valence-electron chi connectivity index (χ3n) is 5.46. The van der Waals surface area contributed by atoms with Gasteiger partial charge < -0.3 is 19.5 Å². The lowest BCUT2D eigenvalue weighted by Crippen LogP contribution is -2.25. The molecule has 9 heteroatoms. The van der Waals surface area contributed by atoms with E-state index >= 15 is 0 Å². The van der Waals surface area contributed by atoms with Gasteiger partial charge in [0.05, 0.1) is 19.8 Å². The van der Waals surface area contributed by atoms with Crippen molar-refractivity contribution in [3.8, 4) is 22.6 Å². The molecule has 1 aliphatic rings. The molecule has 0 bridgehead atoms. The van der Waals surface area contributed by atoms with Gasteiger partial charge in [-0.3, -0.25) is 9.59 Å². The van der Waals surface area contributed by atoms with Crippen molar-refractivity contribution >= 4 is 11.9 Å². The Balaban J connectivity index is 1.93. The number of carboxylic acid groups (broad SMARTS) is 1. The molecular weight excluding hydrogens is 427 g/mol. The number of halogens is 3. The maximum absolute atomic E-state index is 13.0. The molecule has 0 saturated carbocycles. The summed E-state index contributed by atoms with van der Waals surface area (Å²) in [5.41, 5.74) is 1.33. The Morgan fingerprint density at radius 3 is 2.34 bits per heavy atom. The third kappa shape index (κ3) is 4.81. The molecule has 0 atom stereocenters. The number of carbonyl (C=O) groups excluding carboxylic acids is 1. The first-order chi connectivity index (χ1) is 15.2. The predicted octanol–water partition coefficient (Wildman–Crippen LogP) is 4.99. The van der Waals surface area contributed by atoms with Crippen LogP contribution >= 0.6 is 0 Å². The Morgan fingerprint density at radius 1 is 1.09 bits per heavy atom. The molecule has 1 heterocycles. The Hall–Kier alpha value is -3.23. The average Bonchev–Trinajstić information content (AvgIpc) is 3.06. The minimum Gasteiger partial charge on any atom is -0.493 e. The van der Waals surface area contributed by atoms with Crippen LogP contribution in [0.4, 0.5) is 13.2 Å². The topological polar surface area (TPSA) is 76.1 Å². The summed E-state index contributed by atoms with van der Waals surface area (Å²) in [6.45, 7) is 0.730. The van der Waals surface area contributed by atoms with Crippen LogP contribution in [0.1, 0.15) is 47.2 Å². The lowest BCUT2D eigenvalue weighted by atomic mass is 9.94. The van der Waals surface area contributed by atoms with Crippen molar-refractivity contribution in [1.82, 2.24) is 4.90 Å². The fourth-order valence-electron chi connectivity index (χ4n) is 3.89. The lowest BCUT2D eigenvalue weighted by molar-refractivity contribution is -0.138. The summed E-state index contributed by atoms with van der Waals surface area (Å²) in [5, 5.41) is 8.73. The number of carboxylic acids is 1. The monoisotopic (exact) mass is 451 g/mol. The van der Waals surface area contributed by atoms with Crippen molar-refractivity contribution in [1.29, 1.82) is 0 Å². The standard InChI is InChI=1S/C23H24F3NO5/c1-31-18-12-16-17(13-27(22(16)30)11-5-3-4-6-19(28)29)20(21(18)32-2)14-7-9-15(10-8-14)23(24,25)26/h7-10,12H,3-6,11,13H2,1-2H3,(H,28,29). The normalized spacial score (nSPS) is 13.3. The number of amides is 1. The Labute approximate surface area is 183 Å². The first-order valence-corrected chi connectivity index (χ1v) is 10.1. The molecule has 0 unspecified atom stereocenters. The zero-order valence-electron chi connectivity index (χ0n) is 17.8. The molecular formula is C23H24F3NO5. The van der Waals surface area contributed by atoms with Crippen molar-refractivity contribution in [3.05, 3.63) is 47.0 Å². The molecule has 1 aliphatic heterocycles. The van der Waals surface area contributed by atoms with Crippen molar-refractivity contribution in [2.24, 2.45) is 0 Å². The number of carbonyl (C=O) groups is 2. The molecule has 0 radical (unpaired) electrons. The number of nitrogens with zero attached hydrogens (tertiary/aromatic N) is 1. The molecule has 0 saturated heterocycles. The number of hydrogen-bond donors (Lipinski definition) is 1. The van der Waals surface area contributed by atoms with Crippen molar-refractivity contribution in [2.45, 2.75) is 38.4 Å². The van der Waals surface area contributed by atoms with E-state index in [1.54, 1.807) is 11.0 Å². The van der Waals surface area contributed by atoms with Crippen molar-refractivity contribution in [2.75, 3.05) is 20.8 Å². The lowest BCUT2D eigenvalue weighted by Gasteiger charge is -2.18. The van der Waals surface area contributed by atoms with Gasteiger partial charge in [0.1, 0.15) is 0 Å². The van der Waals surface area contributed by atoms with E-state index in [2.05, 4.69) is 0 Å². The highest BCUT2D eigenvalue weighted by Gasteiger charge is 2.34. The second-order valence-corrected chi connectivity index (χ2v) is 7.52. The Morgan fingerprint density at radius 2 is 1.78 bits per heavy atom. The Bertz CT molecular complexity index is 1000. The molecule has 3 rings (SSSR count). The van der Waals surface area contributed by atoms with Crippen LogP contribution in [0.25, 0.3) is 11.1 Å². The van der Waals surface area contributed by atoms with E-state index in [1.807, 2.05) is 0 Å². The molecule has 32 heavy (non-hydrogen) atoms. The molecule has 0 fully saturated rings. The minimum atomic E-state index is -4.45. The molecule has 0 spiro atoms. The third-order valence-corrected chi connectivity index (χ3v) is 5.46. The van der Waals surface area contributed by atoms with Crippen LogP contribution in [0.15, 0.2) is 30.3 Å². The number of unbranched alkanes of at least 4 members (excludes halogenated alkanes) is 2. The van der Waals surface area contributed by atoms with E-state index in [4.69, 9.17) is 14.6 Å². The molecule has 6 nitrogen and oxygen atoms in total. The van der Waals surface area contributed by atoms with Gasteiger partial charge in [-0.2, -0.15) is 13.2 Å². The van der Waals surface area contributed by atoms with Crippen LogP contribution in [-0.4, -0.2) is 42.6 Å². The van der Waals surface area contributed by atoms with Gasteiger partial charge in [0.25, 0.3) is 5.91 Å². The first-order valence-electron chi connectivity index (χ1n) is 10.1. The molecule has 2 aromatic carbocycles. The average molecular weight is 451 g/mol. The number of alkyl halides is 3. The summed E-state index contributed by atoms with van der Waals surface area (Å²) in [4.78, 5) is 25.3. The second kappa shape index (κ2) is 9.50. The highest BCUT2D eigenvalue weighted by atomic mass is 19.4. The van der Waals surface area contributed by atoms with E-state index in [0.29, 0.717) is 59.6 Å². The number of hydrogen-bond acceptors (Lipinski definition) is 4. The van der Waals surface area contributed by atoms with E-state index in [1.165, 1.54) is 26.4 Å². The summed E-state index contributed by atoms with van der Waals surface area (Å²) >= 11 is 0. The maximum Gasteiger partial charge on any atom is 0.416 e. The minimum absolute atomic E-state index is 0.0840. The summed E-state index contributed by atoms with van der Waals surface area (Å²) in [7, 11) is 2.87. The van der Waals surface area contributed by atoms with E-state index < -0.39 is 17.7 Å². The number of fused-ring (bicyclic) bond motifs is 1. The summed E-state index contributed by atoms with van der Waals surface area (Å²) < 4.78 is 49.9. The quantitative estimate of drug-likeness (QED) is 0.544. The molecule has 0 aliphatic carbocycles. The van der Waals surface area contributed by atoms with Gasteiger partial charge in [-0.25, -0.2) is 0 Å². The molecule has 0 aromatic heterocycles. The fourth-order valence-corrected chi connectivity index (χ4v) is 3.89. The highest BCUT2D eigenvalue weighted by molar-refractivity contribution is 6.02. The van der Waals surface area contributed by atoms with Crippen LogP contribution in [0.3, 0.4) is 0 Å². The predicted molar refractivity (Wildman–Crippen MR) is 111 cm³/mol.